The first-order valence-electron chi connectivity index (χ1n) is 9.66. The Balaban J connectivity index is 1.45. The minimum Gasteiger partial charge on any atom is -0.497 e. The summed E-state index contributed by atoms with van der Waals surface area (Å²) < 4.78 is 5.26. The molecule has 0 bridgehead atoms. The summed E-state index contributed by atoms with van der Waals surface area (Å²) in [5, 5.41) is 6.66. The molecule has 1 aliphatic heterocycles. The highest BCUT2D eigenvalue weighted by Gasteiger charge is 2.21. The standard InChI is InChI=1S/C22H28N4O2/c1-23-22(24-13-12-17-5-3-6-20(15-17)28-2)25-16-18-8-10-19(11-9-18)26-14-4-7-21(26)27/h3,5-6,8-11,15H,4,7,12-14,16H2,1-2H3,(H2,23,24,25). The highest BCUT2D eigenvalue weighted by atomic mass is 16.5. The molecule has 1 amide bonds. The average Bonchev–Trinajstić information content (AvgIpc) is 3.17. The molecule has 6 nitrogen and oxygen atoms in total. The number of hydrogen-bond acceptors (Lipinski definition) is 3. The maximum atomic E-state index is 11.8. The van der Waals surface area contributed by atoms with Crippen LogP contribution in [0.2, 0.25) is 0 Å². The molecular formula is C22H28N4O2. The second-order valence-electron chi connectivity index (χ2n) is 6.77. The molecule has 0 saturated carbocycles. The van der Waals surface area contributed by atoms with Crippen LogP contribution in [0.25, 0.3) is 0 Å². The van der Waals surface area contributed by atoms with E-state index < -0.39 is 0 Å². The summed E-state index contributed by atoms with van der Waals surface area (Å²) in [5.41, 5.74) is 3.34. The molecule has 1 heterocycles. The van der Waals surface area contributed by atoms with Gasteiger partial charge in [0.1, 0.15) is 5.75 Å². The van der Waals surface area contributed by atoms with Crippen LogP contribution in [-0.2, 0) is 17.8 Å². The molecule has 0 aromatic heterocycles. The number of amides is 1. The van der Waals surface area contributed by atoms with Gasteiger partial charge in [-0.3, -0.25) is 9.79 Å². The molecule has 0 unspecified atom stereocenters. The van der Waals surface area contributed by atoms with Crippen molar-refractivity contribution in [3.8, 4) is 5.75 Å². The Labute approximate surface area is 166 Å². The second kappa shape index (κ2) is 9.78. The van der Waals surface area contributed by atoms with Gasteiger partial charge in [-0.1, -0.05) is 24.3 Å². The molecule has 0 atom stereocenters. The molecule has 0 radical (unpaired) electrons. The first-order valence-corrected chi connectivity index (χ1v) is 9.66. The molecule has 28 heavy (non-hydrogen) atoms. The van der Waals surface area contributed by atoms with Crippen LogP contribution in [0.15, 0.2) is 53.5 Å². The molecule has 148 valence electrons. The number of hydrogen-bond donors (Lipinski definition) is 2. The van der Waals surface area contributed by atoms with Crippen LogP contribution in [0.3, 0.4) is 0 Å². The van der Waals surface area contributed by atoms with Gasteiger partial charge in [0, 0.05) is 38.8 Å². The van der Waals surface area contributed by atoms with Gasteiger partial charge in [-0.25, -0.2) is 0 Å². The molecule has 2 aromatic carbocycles. The van der Waals surface area contributed by atoms with Crippen LogP contribution in [0.5, 0.6) is 5.75 Å². The van der Waals surface area contributed by atoms with Crippen LogP contribution >= 0.6 is 0 Å². The van der Waals surface area contributed by atoms with Crippen molar-refractivity contribution in [1.29, 1.82) is 0 Å². The molecule has 6 heteroatoms. The third kappa shape index (κ3) is 5.25. The number of nitrogens with one attached hydrogen (secondary N) is 2. The number of carbonyl (C=O) groups excluding carboxylic acids is 1. The number of guanidine groups is 1. The summed E-state index contributed by atoms with van der Waals surface area (Å²) in [6.07, 6.45) is 2.48. The highest BCUT2D eigenvalue weighted by Crippen LogP contribution is 2.21. The number of carbonyl (C=O) groups is 1. The van der Waals surface area contributed by atoms with Crippen molar-refractivity contribution >= 4 is 17.6 Å². The van der Waals surface area contributed by atoms with Gasteiger partial charge in [0.05, 0.1) is 7.11 Å². The van der Waals surface area contributed by atoms with Crippen molar-refractivity contribution in [1.82, 2.24) is 10.6 Å². The zero-order valence-electron chi connectivity index (χ0n) is 16.6. The second-order valence-corrected chi connectivity index (χ2v) is 6.77. The van der Waals surface area contributed by atoms with E-state index in [0.29, 0.717) is 13.0 Å². The van der Waals surface area contributed by atoms with Gasteiger partial charge in [-0.2, -0.15) is 0 Å². The van der Waals surface area contributed by atoms with E-state index >= 15 is 0 Å². The summed E-state index contributed by atoms with van der Waals surface area (Å²) in [5.74, 6) is 1.85. The van der Waals surface area contributed by atoms with Gasteiger partial charge >= 0.3 is 0 Å². The third-order valence-corrected chi connectivity index (χ3v) is 4.85. The lowest BCUT2D eigenvalue weighted by Gasteiger charge is -2.16. The number of ether oxygens (including phenoxy) is 1. The first-order chi connectivity index (χ1) is 13.7. The predicted molar refractivity (Wildman–Crippen MR) is 113 cm³/mol. The molecule has 2 N–H and O–H groups in total. The molecule has 2 aromatic rings. The zero-order chi connectivity index (χ0) is 19.8. The molecular weight excluding hydrogens is 352 g/mol. The van der Waals surface area contributed by atoms with Crippen molar-refractivity contribution in [2.24, 2.45) is 4.99 Å². The lowest BCUT2D eigenvalue weighted by Crippen LogP contribution is -2.37. The molecule has 0 aliphatic carbocycles. The summed E-state index contributed by atoms with van der Waals surface area (Å²) in [6.45, 7) is 2.27. The number of nitrogens with zero attached hydrogens (tertiary/aromatic N) is 2. The van der Waals surface area contributed by atoms with Crippen molar-refractivity contribution in [3.05, 3.63) is 59.7 Å². The maximum absolute atomic E-state index is 11.8. The van der Waals surface area contributed by atoms with Crippen molar-refractivity contribution in [2.45, 2.75) is 25.8 Å². The SMILES string of the molecule is CN=C(NCCc1cccc(OC)c1)NCc1ccc(N2CCCC2=O)cc1. The largest absolute Gasteiger partial charge is 0.497 e. The van der Waals surface area contributed by atoms with Crippen molar-refractivity contribution in [3.63, 3.8) is 0 Å². The lowest BCUT2D eigenvalue weighted by atomic mass is 10.1. The Bertz CT molecular complexity index is 818. The van der Waals surface area contributed by atoms with Crippen LogP contribution in [-0.4, -0.2) is 39.1 Å². The molecule has 3 rings (SSSR count). The Morgan fingerprint density at radius 3 is 2.64 bits per heavy atom. The normalized spacial score (nSPS) is 14.3. The third-order valence-electron chi connectivity index (χ3n) is 4.85. The number of aliphatic imine (C=N–C) groups is 1. The van der Waals surface area contributed by atoms with E-state index in [9.17, 15) is 4.79 Å². The smallest absolute Gasteiger partial charge is 0.227 e. The topological polar surface area (TPSA) is 66.0 Å². The first kappa shape index (κ1) is 19.7. The van der Waals surface area contributed by atoms with Crippen molar-refractivity contribution in [2.75, 3.05) is 32.1 Å². The molecule has 0 spiro atoms. The van der Waals surface area contributed by atoms with Crippen LogP contribution < -0.4 is 20.3 Å². The van der Waals surface area contributed by atoms with Crippen LogP contribution in [0.4, 0.5) is 5.69 Å². The molecule has 1 fully saturated rings. The predicted octanol–water partition coefficient (Wildman–Crippen LogP) is 2.73. The van der Waals surface area contributed by atoms with Crippen molar-refractivity contribution < 1.29 is 9.53 Å². The van der Waals surface area contributed by atoms with Crippen LogP contribution in [0.1, 0.15) is 24.0 Å². The van der Waals surface area contributed by atoms with Gasteiger partial charge in [-0.15, -0.1) is 0 Å². The van der Waals surface area contributed by atoms with Gasteiger partial charge in [0.2, 0.25) is 5.91 Å². The van der Waals surface area contributed by atoms with E-state index in [1.807, 2.05) is 35.2 Å². The van der Waals surface area contributed by atoms with E-state index in [1.54, 1.807) is 14.2 Å². The van der Waals surface area contributed by atoms with E-state index in [2.05, 4.69) is 33.8 Å². The monoisotopic (exact) mass is 380 g/mol. The van der Waals surface area contributed by atoms with Gasteiger partial charge < -0.3 is 20.3 Å². The number of methoxy groups -OCH3 is 1. The quantitative estimate of drug-likeness (QED) is 0.573. The lowest BCUT2D eigenvalue weighted by molar-refractivity contribution is -0.117. The van der Waals surface area contributed by atoms with Crippen LogP contribution in [0, 0.1) is 0 Å². The van der Waals surface area contributed by atoms with Gasteiger partial charge in [0.25, 0.3) is 0 Å². The maximum Gasteiger partial charge on any atom is 0.227 e. The fraction of sp³-hybridized carbons (Fsp3) is 0.364. The number of benzene rings is 2. The molecule has 1 saturated heterocycles. The highest BCUT2D eigenvalue weighted by molar-refractivity contribution is 5.95. The Morgan fingerprint density at radius 1 is 1.14 bits per heavy atom. The van der Waals surface area contributed by atoms with E-state index in [1.165, 1.54) is 5.56 Å². The fourth-order valence-electron chi connectivity index (χ4n) is 3.27. The zero-order valence-corrected chi connectivity index (χ0v) is 16.6. The Kier molecular flexibility index (Phi) is 6.89. The van der Waals surface area contributed by atoms with Gasteiger partial charge in [-0.05, 0) is 48.2 Å². The Morgan fingerprint density at radius 2 is 1.96 bits per heavy atom. The summed E-state index contributed by atoms with van der Waals surface area (Å²) >= 11 is 0. The van der Waals surface area contributed by atoms with Gasteiger partial charge in [0.15, 0.2) is 5.96 Å². The summed E-state index contributed by atoms with van der Waals surface area (Å²) in [4.78, 5) is 18.0. The summed E-state index contributed by atoms with van der Waals surface area (Å²) in [7, 11) is 3.45. The Hall–Kier alpha value is -3.02. The summed E-state index contributed by atoms with van der Waals surface area (Å²) in [6, 6.07) is 16.2. The molecule has 1 aliphatic rings. The fourth-order valence-corrected chi connectivity index (χ4v) is 3.27. The minimum atomic E-state index is 0.214. The van der Waals surface area contributed by atoms with E-state index in [4.69, 9.17) is 4.74 Å². The minimum absolute atomic E-state index is 0.214. The number of anilines is 1. The average molecular weight is 380 g/mol. The van der Waals surface area contributed by atoms with E-state index in [0.717, 1.165) is 48.9 Å². The number of rotatable bonds is 7. The van der Waals surface area contributed by atoms with E-state index in [-0.39, 0.29) is 5.91 Å².